The summed E-state index contributed by atoms with van der Waals surface area (Å²) >= 11 is 0. The van der Waals surface area contributed by atoms with Gasteiger partial charge in [-0.2, -0.15) is 11.4 Å². The average molecular weight is 910 g/mol. The SMILES string of the molecule is CC1(CC(N)=O)C2CC3[N-]C4=C(C(=O)CCC4C3CC(=O)O)C3[N-]/C(=C\C4[N-]C5(CC([N-]2)C1CCC(=O)O)NC(=O)CC5(C)C4CCC(=O)O)C(CC(=O)O)C3CCC(=O)O.[Ni]. The summed E-state index contributed by atoms with van der Waals surface area (Å²) in [6, 6.07) is -4.10. The van der Waals surface area contributed by atoms with Gasteiger partial charge < -0.3 is 57.9 Å². The summed E-state index contributed by atoms with van der Waals surface area (Å²) in [6.45, 7) is 3.66. The number of ketones is 1. The number of carbonyl (C=O) groups is 8. The van der Waals surface area contributed by atoms with E-state index in [0.29, 0.717) is 5.70 Å². The zero-order chi connectivity index (χ0) is 44.3. The number of amides is 2. The van der Waals surface area contributed by atoms with Crippen molar-refractivity contribution in [2.24, 2.45) is 52.1 Å². The molecule has 14 unspecified atom stereocenters. The minimum absolute atomic E-state index is 0. The Balaban J connectivity index is 0.00000641. The molecule has 20 heteroatoms. The van der Waals surface area contributed by atoms with Crippen LogP contribution in [0, 0.1) is 46.3 Å². The van der Waals surface area contributed by atoms with E-state index >= 15 is 0 Å². The molecule has 0 aromatic carbocycles. The molecule has 0 aromatic rings. The van der Waals surface area contributed by atoms with Crippen molar-refractivity contribution < 1.29 is 80.4 Å². The molecule has 0 radical (unpaired) electrons. The smallest absolute Gasteiger partial charge is 0.303 e. The molecule has 14 atom stereocenters. The number of fused-ring (bicyclic) bond motifs is 7. The van der Waals surface area contributed by atoms with Crippen LogP contribution in [0.3, 0.4) is 0 Å². The van der Waals surface area contributed by atoms with Gasteiger partial charge in [0.05, 0.1) is 6.42 Å². The second kappa shape index (κ2) is 17.6. The van der Waals surface area contributed by atoms with Gasteiger partial charge in [0.25, 0.3) is 0 Å². The zero-order valence-electron chi connectivity index (χ0n) is 34.5. The molecule has 0 aromatic heterocycles. The summed E-state index contributed by atoms with van der Waals surface area (Å²) in [6.07, 6.45) is 0.214. The molecule has 7 rings (SSSR count). The van der Waals surface area contributed by atoms with Gasteiger partial charge >= 0.3 is 29.8 Å². The fraction of sp³-hybridized carbons (Fsp3) is 0.714. The number of primary amides is 1. The number of nitrogens with two attached hydrogens (primary N) is 1. The Hall–Kier alpha value is -4.55. The monoisotopic (exact) mass is 908 g/mol. The number of carbonyl (C=O) groups excluding carboxylic acids is 3. The predicted molar refractivity (Wildman–Crippen MR) is 213 cm³/mol. The molecular formula is C42H54N6NiO13-4. The largest absolute Gasteiger partial charge is 0.684 e. The molecule has 344 valence electrons. The summed E-state index contributed by atoms with van der Waals surface area (Å²) in [7, 11) is 0. The minimum atomic E-state index is -1.40. The number of aliphatic carboxylic acids is 5. The summed E-state index contributed by atoms with van der Waals surface area (Å²) in [5, 5.41) is 74.1. The number of nitrogens with zero attached hydrogens (tertiary/aromatic N) is 4. The van der Waals surface area contributed by atoms with Crippen molar-refractivity contribution in [3.05, 3.63) is 44.3 Å². The van der Waals surface area contributed by atoms with Gasteiger partial charge in [0.1, 0.15) is 0 Å². The van der Waals surface area contributed by atoms with Gasteiger partial charge in [-0.25, -0.2) is 0 Å². The van der Waals surface area contributed by atoms with E-state index in [1.165, 1.54) is 0 Å². The van der Waals surface area contributed by atoms with Crippen LogP contribution >= 0.6 is 0 Å². The number of hydrogen-bond donors (Lipinski definition) is 7. The fourth-order valence-corrected chi connectivity index (χ4v) is 12.7. The standard InChI is InChI=1S/C42H55N6O13.Ni/c1-40(16-30(43)50)22(5-9-33(54)55)27-15-42-41(2,17-31(51)48-42)23(6-10-34(56)57)26(47-42)13-24-20(11-35(58)59)19(4-8-32(52)53)39(45-24)37-28(49)7-3-18-21(12-36(60)61)25(46-38(18)37)14-29(40)44-27;/h13,18-23,25-27,29,39H,3-12,14-17H2,1-2H3,(H9,43,46,48,49,50,51,52,53,54,55,56,57,58,59,60,61);/q-3;/p-1/b24-13-;. The van der Waals surface area contributed by atoms with Gasteiger partial charge in [0.15, 0.2) is 5.78 Å². The number of hydrogen-bond acceptors (Lipinski definition) is 8. The Labute approximate surface area is 368 Å². The fourth-order valence-electron chi connectivity index (χ4n) is 12.7. The van der Waals surface area contributed by atoms with Crippen LogP contribution in [0.5, 0.6) is 0 Å². The van der Waals surface area contributed by atoms with Gasteiger partial charge in [0.2, 0.25) is 11.8 Å². The van der Waals surface area contributed by atoms with Crippen molar-refractivity contribution in [3.63, 3.8) is 0 Å². The number of carboxylic acid groups (broad SMARTS) is 5. The van der Waals surface area contributed by atoms with Gasteiger partial charge in [0, 0.05) is 61.4 Å². The molecule has 8 bridgehead atoms. The number of rotatable bonds is 15. The summed E-state index contributed by atoms with van der Waals surface area (Å²) in [5.41, 5.74) is 3.19. The van der Waals surface area contributed by atoms with E-state index in [4.69, 9.17) is 27.0 Å². The first-order chi connectivity index (χ1) is 28.7. The Morgan fingerprint density at radius 3 is 2.06 bits per heavy atom. The van der Waals surface area contributed by atoms with Crippen molar-refractivity contribution in [1.82, 2.24) is 5.32 Å². The second-order valence-electron chi connectivity index (χ2n) is 18.8. The number of Topliss-reactive ketones (excluding diaryl/α,β-unsaturated/α-hetero) is 1. The van der Waals surface area contributed by atoms with Gasteiger partial charge in [-0.05, 0) is 77.3 Å². The van der Waals surface area contributed by atoms with Crippen molar-refractivity contribution in [3.8, 4) is 0 Å². The maximum Gasteiger partial charge on any atom is 0.303 e. The van der Waals surface area contributed by atoms with E-state index in [0.717, 1.165) is 0 Å². The average Bonchev–Trinajstić information content (AvgIpc) is 3.83. The van der Waals surface area contributed by atoms with Crippen LogP contribution in [-0.4, -0.2) is 109 Å². The van der Waals surface area contributed by atoms with Crippen molar-refractivity contribution in [2.45, 2.75) is 140 Å². The number of nitrogens with one attached hydrogen (secondary N) is 1. The second-order valence-corrected chi connectivity index (χ2v) is 18.8. The first kappa shape index (κ1) is 46.9. The molecule has 8 N–H and O–H groups in total. The van der Waals surface area contributed by atoms with Crippen molar-refractivity contribution in [1.29, 1.82) is 0 Å². The van der Waals surface area contributed by atoms with Crippen molar-refractivity contribution >= 4 is 47.4 Å². The van der Waals surface area contributed by atoms with Crippen LogP contribution in [-0.2, 0) is 54.8 Å². The van der Waals surface area contributed by atoms with Crippen molar-refractivity contribution in [2.75, 3.05) is 0 Å². The summed E-state index contributed by atoms with van der Waals surface area (Å²) in [4.78, 5) is 102. The number of allylic oxidation sites excluding steroid dienone is 2. The normalized spacial score (nSPS) is 40.0. The van der Waals surface area contributed by atoms with Crippen LogP contribution in [0.25, 0.3) is 21.3 Å². The maximum atomic E-state index is 14.2. The van der Waals surface area contributed by atoms with Gasteiger partial charge in [-0.1, -0.05) is 38.6 Å². The van der Waals surface area contributed by atoms with E-state index in [1.54, 1.807) is 6.08 Å². The molecule has 19 nitrogen and oxygen atoms in total. The molecule has 1 aliphatic carbocycles. The topological polar surface area (TPSA) is 332 Å². The van der Waals surface area contributed by atoms with Crippen LogP contribution in [0.4, 0.5) is 0 Å². The van der Waals surface area contributed by atoms with Crippen LogP contribution in [0.1, 0.15) is 104 Å². The summed E-state index contributed by atoms with van der Waals surface area (Å²) in [5.74, 6) is -11.0. The zero-order valence-corrected chi connectivity index (χ0v) is 35.5. The van der Waals surface area contributed by atoms with Gasteiger partial charge in [-0.15, -0.1) is 30.2 Å². The molecule has 6 heterocycles. The molecule has 2 amide bonds. The molecular weight excluding hydrogens is 855 g/mol. The Bertz CT molecular complexity index is 1980. The molecule has 1 spiro atoms. The molecule has 5 fully saturated rings. The van der Waals surface area contributed by atoms with Crippen LogP contribution in [0.2, 0.25) is 0 Å². The molecule has 62 heavy (non-hydrogen) atoms. The van der Waals surface area contributed by atoms with E-state index in [-0.39, 0.29) is 123 Å². The van der Waals surface area contributed by atoms with E-state index in [1.807, 2.05) is 13.8 Å². The number of carboxylic acids is 5. The Morgan fingerprint density at radius 2 is 1.45 bits per heavy atom. The predicted octanol–water partition coefficient (Wildman–Crippen LogP) is 4.02. The van der Waals surface area contributed by atoms with E-state index < -0.39 is 124 Å². The molecule has 5 saturated heterocycles. The minimum Gasteiger partial charge on any atom is -0.684 e. The van der Waals surface area contributed by atoms with Crippen LogP contribution < -0.4 is 11.1 Å². The molecule has 0 saturated carbocycles. The molecule has 6 aliphatic heterocycles. The van der Waals surface area contributed by atoms with E-state index in [9.17, 15) is 63.9 Å². The third-order valence-electron chi connectivity index (χ3n) is 15.4. The molecule has 7 aliphatic rings. The first-order valence-electron chi connectivity index (χ1n) is 21.2. The summed E-state index contributed by atoms with van der Waals surface area (Å²) < 4.78 is 0. The quantitative estimate of drug-likeness (QED) is 0.114. The maximum absolute atomic E-state index is 14.2. The van der Waals surface area contributed by atoms with Gasteiger partial charge in [-0.3, -0.25) is 38.4 Å². The van der Waals surface area contributed by atoms with Crippen LogP contribution in [0.15, 0.2) is 23.0 Å². The Kier molecular flexibility index (Phi) is 13.3. The Morgan fingerprint density at radius 1 is 0.823 bits per heavy atom. The third kappa shape index (κ3) is 8.46. The third-order valence-corrected chi connectivity index (χ3v) is 15.4. The van der Waals surface area contributed by atoms with E-state index in [2.05, 4.69) is 5.32 Å². The first-order valence-corrected chi connectivity index (χ1v) is 21.2.